The molecule has 0 aliphatic carbocycles. The summed E-state index contributed by atoms with van der Waals surface area (Å²) in [6.45, 7) is 19.8. The number of hydrogen-bond donors (Lipinski definition) is 4. The fourth-order valence-electron chi connectivity index (χ4n) is 15.7. The monoisotopic (exact) mass is 1330 g/mol. The summed E-state index contributed by atoms with van der Waals surface area (Å²) in [6, 6.07) is 101. The lowest BCUT2D eigenvalue weighted by atomic mass is 9.96. The Bertz CT molecular complexity index is 4460. The highest BCUT2D eigenvalue weighted by atomic mass is 35.5. The molecule has 2 saturated heterocycles. The summed E-state index contributed by atoms with van der Waals surface area (Å²) in [7, 11) is 0. The van der Waals surface area contributed by atoms with Gasteiger partial charge in [-0.05, 0) is 166 Å². The van der Waals surface area contributed by atoms with Crippen molar-refractivity contribution < 1.29 is 0 Å². The first-order chi connectivity index (χ1) is 49.6. The van der Waals surface area contributed by atoms with E-state index in [2.05, 4.69) is 314 Å². The number of benzene rings is 15. The Kier molecular flexibility index (Phi) is 21.7. The molecule has 2 aliphatic heterocycles. The van der Waals surface area contributed by atoms with Crippen molar-refractivity contribution in [1.82, 2.24) is 40.9 Å². The van der Waals surface area contributed by atoms with E-state index in [1.165, 1.54) is 136 Å². The van der Waals surface area contributed by atoms with Crippen LogP contribution in [0.1, 0.15) is 27.8 Å². The van der Waals surface area contributed by atoms with Gasteiger partial charge in [0.15, 0.2) is 0 Å². The summed E-state index contributed by atoms with van der Waals surface area (Å²) in [5, 5.41) is 39.8. The van der Waals surface area contributed by atoms with Gasteiger partial charge in [-0.15, -0.1) is 11.6 Å². The Morgan fingerprint density at radius 2 is 0.340 bits per heavy atom. The first-order valence-electron chi connectivity index (χ1n) is 36.3. The van der Waals surface area contributed by atoms with Crippen molar-refractivity contribution in [2.24, 2.45) is 0 Å². The minimum atomic E-state index is 0.557. The summed E-state index contributed by atoms with van der Waals surface area (Å²) < 4.78 is 0. The standard InChI is InChI=1S/C68H60N4.C15H11Cl.C8H20N4/c1-9-25-57-49(17-1)41-50-18-2-10-26-58(50)65(57)45-69-33-35-70(46-66-59-27-11-3-19-51(59)42-52-20-4-12-28-60(52)66)37-39-72(48-68-63-31-15-7-23-55(63)44-56-24-8-16-32-64(56)68)40-38-71(36-34-69)47-67-61-29-13-5-21-53(61)43-54-22-6-14-30-62(54)67;16-10-15-13-7-3-1-5-11(13)9-12-6-2-4-8-14(12)15;1-2-10-5-6-12-8-7-11-4-3-9-1/h1-32,41-44H,33-40,45-48H2;1-9H,10H2;9-12H,1-8H2. The Morgan fingerprint density at radius 1 is 0.200 bits per heavy atom. The van der Waals surface area contributed by atoms with Gasteiger partial charge in [-0.25, -0.2) is 0 Å². The Balaban J connectivity index is 0.000000239. The fourth-order valence-corrected chi connectivity index (χ4v) is 16.0. The summed E-state index contributed by atoms with van der Waals surface area (Å²) in [5.74, 6) is 0.557. The van der Waals surface area contributed by atoms with Crippen molar-refractivity contribution in [2.75, 3.05) is 105 Å². The predicted octanol–water partition coefficient (Wildman–Crippen LogP) is 18.3. The highest BCUT2D eigenvalue weighted by molar-refractivity contribution is 6.20. The highest BCUT2D eigenvalue weighted by Crippen LogP contribution is 2.36. The van der Waals surface area contributed by atoms with Crippen molar-refractivity contribution in [3.05, 3.63) is 301 Å². The molecule has 15 aromatic carbocycles. The molecule has 0 atom stereocenters. The van der Waals surface area contributed by atoms with E-state index < -0.39 is 0 Å². The number of alkyl halides is 1. The molecular weight excluding hydrogens is 1240 g/mol. The molecule has 15 aromatic rings. The second kappa shape index (κ2) is 32.5. The van der Waals surface area contributed by atoms with Crippen LogP contribution in [0.4, 0.5) is 0 Å². The van der Waals surface area contributed by atoms with E-state index in [4.69, 9.17) is 11.6 Å². The highest BCUT2D eigenvalue weighted by Gasteiger charge is 2.23. The number of fused-ring (bicyclic) bond motifs is 10. The van der Waals surface area contributed by atoms with Gasteiger partial charge in [0.25, 0.3) is 0 Å². The normalized spacial score (nSPS) is 15.7. The van der Waals surface area contributed by atoms with E-state index in [1.54, 1.807) is 0 Å². The Labute approximate surface area is 594 Å². The minimum Gasteiger partial charge on any atom is -0.314 e. The van der Waals surface area contributed by atoms with Crippen molar-refractivity contribution >= 4 is 119 Å². The second-order valence-corrected chi connectivity index (χ2v) is 27.5. The van der Waals surface area contributed by atoms with E-state index in [1.807, 2.05) is 0 Å². The lowest BCUT2D eigenvalue weighted by Crippen LogP contribution is -2.45. The average molecular weight is 1330 g/mol. The van der Waals surface area contributed by atoms with Crippen molar-refractivity contribution in [2.45, 2.75) is 32.1 Å². The molecule has 502 valence electrons. The van der Waals surface area contributed by atoms with Gasteiger partial charge < -0.3 is 21.3 Å². The number of rotatable bonds is 9. The van der Waals surface area contributed by atoms with Crippen LogP contribution in [0, 0.1) is 0 Å². The molecule has 2 fully saturated rings. The molecule has 0 amide bonds. The largest absolute Gasteiger partial charge is 0.314 e. The van der Waals surface area contributed by atoms with Gasteiger partial charge in [-0.3, -0.25) is 19.6 Å². The number of hydrogen-bond acceptors (Lipinski definition) is 8. The molecule has 17 rings (SSSR count). The maximum atomic E-state index is 6.08. The third kappa shape index (κ3) is 15.4. The minimum absolute atomic E-state index is 0.557. The van der Waals surface area contributed by atoms with Crippen LogP contribution < -0.4 is 21.3 Å². The second-order valence-electron chi connectivity index (χ2n) is 27.2. The lowest BCUT2D eigenvalue weighted by Gasteiger charge is -2.35. The molecular formula is C91H91ClN8. The first-order valence-corrected chi connectivity index (χ1v) is 36.9. The first kappa shape index (κ1) is 66.7. The fraction of sp³-hybridized carbons (Fsp3) is 0.231. The molecule has 8 nitrogen and oxygen atoms in total. The molecule has 0 spiro atoms. The smallest absolute Gasteiger partial charge is 0.0486 e. The van der Waals surface area contributed by atoms with Crippen LogP contribution in [0.3, 0.4) is 0 Å². The van der Waals surface area contributed by atoms with Crippen LogP contribution >= 0.6 is 11.6 Å². The molecule has 2 heterocycles. The quantitative estimate of drug-likeness (QED) is 0.0843. The predicted molar refractivity (Wildman–Crippen MR) is 429 cm³/mol. The average Bonchev–Trinajstić information content (AvgIpc) is 0.805. The molecule has 9 heteroatoms. The number of nitrogens with zero attached hydrogens (tertiary/aromatic N) is 4. The molecule has 0 bridgehead atoms. The lowest BCUT2D eigenvalue weighted by molar-refractivity contribution is 0.123. The zero-order valence-corrected chi connectivity index (χ0v) is 58.3. The van der Waals surface area contributed by atoms with E-state index in [9.17, 15) is 0 Å². The summed E-state index contributed by atoms with van der Waals surface area (Å²) >= 11 is 6.08. The van der Waals surface area contributed by atoms with Crippen LogP contribution in [-0.4, -0.2) is 124 Å². The maximum Gasteiger partial charge on any atom is 0.0486 e. The van der Waals surface area contributed by atoms with Crippen LogP contribution in [0.15, 0.2) is 273 Å². The van der Waals surface area contributed by atoms with Crippen LogP contribution in [0.25, 0.3) is 108 Å². The maximum absolute atomic E-state index is 6.08. The van der Waals surface area contributed by atoms with Gasteiger partial charge in [0.2, 0.25) is 0 Å². The van der Waals surface area contributed by atoms with Crippen LogP contribution in [-0.2, 0) is 32.1 Å². The van der Waals surface area contributed by atoms with E-state index in [0.29, 0.717) is 5.88 Å². The summed E-state index contributed by atoms with van der Waals surface area (Å²) in [6.07, 6.45) is 0. The van der Waals surface area contributed by atoms with Gasteiger partial charge in [0.1, 0.15) is 0 Å². The molecule has 0 unspecified atom stereocenters. The van der Waals surface area contributed by atoms with Gasteiger partial charge in [-0.1, -0.05) is 243 Å². The summed E-state index contributed by atoms with van der Waals surface area (Å²) in [4.78, 5) is 11.2. The van der Waals surface area contributed by atoms with Crippen LogP contribution in [0.5, 0.6) is 0 Å². The van der Waals surface area contributed by atoms with Gasteiger partial charge in [0, 0.05) is 137 Å². The molecule has 0 saturated carbocycles. The molecule has 4 N–H and O–H groups in total. The van der Waals surface area contributed by atoms with E-state index in [-0.39, 0.29) is 0 Å². The van der Waals surface area contributed by atoms with Crippen molar-refractivity contribution in [3.8, 4) is 0 Å². The zero-order chi connectivity index (χ0) is 67.2. The van der Waals surface area contributed by atoms with Crippen molar-refractivity contribution in [1.29, 1.82) is 0 Å². The SMILES string of the molecule is C1CNCCNCCNCCN1.ClCc1c2ccccc2cc2ccccc12.c1ccc2c(CN3CCN(Cc4c5ccccc5cc5ccccc45)CCN(Cc4c5ccccc5cc5ccccc45)CCN(Cc4c5ccccc5cc5ccccc45)CC3)c3ccccc3cc2c1. The third-order valence-electron chi connectivity index (χ3n) is 20.9. The van der Waals surface area contributed by atoms with Gasteiger partial charge in [0.05, 0.1) is 0 Å². The molecule has 0 aromatic heterocycles. The molecule has 2 aliphatic rings. The van der Waals surface area contributed by atoms with E-state index in [0.717, 1.165) is 131 Å². The molecule has 0 radical (unpaired) electrons. The van der Waals surface area contributed by atoms with Gasteiger partial charge in [-0.2, -0.15) is 0 Å². The Morgan fingerprint density at radius 3 is 0.490 bits per heavy atom. The van der Waals surface area contributed by atoms with Crippen LogP contribution in [0.2, 0.25) is 0 Å². The topological polar surface area (TPSA) is 61.1 Å². The van der Waals surface area contributed by atoms with Gasteiger partial charge >= 0.3 is 0 Å². The number of halogens is 1. The van der Waals surface area contributed by atoms with Crippen molar-refractivity contribution in [3.63, 3.8) is 0 Å². The zero-order valence-electron chi connectivity index (χ0n) is 57.5. The number of nitrogens with one attached hydrogen (secondary N) is 4. The molecule has 100 heavy (non-hydrogen) atoms. The Hall–Kier alpha value is -9.13. The third-order valence-corrected chi connectivity index (χ3v) is 21.2. The summed E-state index contributed by atoms with van der Waals surface area (Å²) in [5.41, 5.74) is 6.96. The van der Waals surface area contributed by atoms with E-state index >= 15 is 0 Å².